The average Bonchev–Trinajstić information content (AvgIpc) is 3.62. The number of carbonyl (C=O) groups excluding carboxylic acids is 2. The second-order valence-electron chi connectivity index (χ2n) is 10.3. The van der Waals surface area contributed by atoms with E-state index in [4.69, 9.17) is 4.74 Å². The van der Waals surface area contributed by atoms with Crippen molar-refractivity contribution in [3.05, 3.63) is 54.6 Å². The number of nitrogens with zero attached hydrogens (tertiary/aromatic N) is 2. The van der Waals surface area contributed by atoms with Crippen molar-refractivity contribution in [1.29, 1.82) is 0 Å². The maximum absolute atomic E-state index is 13.2. The van der Waals surface area contributed by atoms with Crippen LogP contribution in [0.15, 0.2) is 54.6 Å². The van der Waals surface area contributed by atoms with Crippen LogP contribution < -0.4 is 21.1 Å². The first-order valence-electron chi connectivity index (χ1n) is 12.8. The van der Waals surface area contributed by atoms with Crippen molar-refractivity contribution < 1.29 is 14.3 Å². The number of carbonyl (C=O) groups is 2. The number of ether oxygens (including phenoxy) is 1. The van der Waals surface area contributed by atoms with Gasteiger partial charge >= 0.3 is 0 Å². The van der Waals surface area contributed by atoms with Crippen LogP contribution in [0.3, 0.4) is 0 Å². The van der Waals surface area contributed by atoms with Crippen molar-refractivity contribution in [2.45, 2.75) is 31.3 Å². The van der Waals surface area contributed by atoms with E-state index in [1.165, 1.54) is 0 Å². The lowest BCUT2D eigenvalue weighted by molar-refractivity contribution is -0.136. The summed E-state index contributed by atoms with van der Waals surface area (Å²) >= 11 is 0. The summed E-state index contributed by atoms with van der Waals surface area (Å²) in [5.41, 5.74) is 11.5. The standard InChI is InChI=1S/C27H33N5O3/c33-26(17-35-25-9-5-4-8-22(25)18-6-2-1-3-7-18)31-13-20-15-32(16-21(20)14-31)27(34)19-10-11-23-24(12-19)29-30-28-23/h1-9,19-21,23-24,28-30H,10-17H2/t19?,20-,21-,23?,24?/m1/s1. The summed E-state index contributed by atoms with van der Waals surface area (Å²) in [6.07, 6.45) is 2.83. The van der Waals surface area contributed by atoms with Crippen LogP contribution in [0, 0.1) is 17.8 Å². The Bertz CT molecular complexity index is 1070. The Morgan fingerprint density at radius 2 is 1.51 bits per heavy atom. The highest BCUT2D eigenvalue weighted by Gasteiger charge is 2.45. The fourth-order valence-corrected chi connectivity index (χ4v) is 6.27. The Labute approximate surface area is 205 Å². The first kappa shape index (κ1) is 22.5. The number of fused-ring (bicyclic) bond motifs is 2. The first-order chi connectivity index (χ1) is 17.2. The molecule has 1 aliphatic carbocycles. The zero-order chi connectivity index (χ0) is 23.8. The minimum absolute atomic E-state index is 0.0192. The lowest BCUT2D eigenvalue weighted by atomic mass is 9.82. The van der Waals surface area contributed by atoms with Crippen molar-refractivity contribution in [2.24, 2.45) is 17.8 Å². The van der Waals surface area contributed by atoms with Gasteiger partial charge in [-0.3, -0.25) is 9.59 Å². The molecule has 8 nitrogen and oxygen atoms in total. The monoisotopic (exact) mass is 475 g/mol. The molecule has 0 bridgehead atoms. The third-order valence-electron chi connectivity index (χ3n) is 8.19. The Hall–Kier alpha value is -2.94. The van der Waals surface area contributed by atoms with E-state index in [9.17, 15) is 9.59 Å². The summed E-state index contributed by atoms with van der Waals surface area (Å²) < 4.78 is 5.99. The molecule has 3 aliphatic heterocycles. The summed E-state index contributed by atoms with van der Waals surface area (Å²) in [5.74, 6) is 1.86. The topological polar surface area (TPSA) is 85.9 Å². The molecule has 3 saturated heterocycles. The van der Waals surface area contributed by atoms with Gasteiger partial charge in [-0.15, -0.1) is 0 Å². The molecule has 0 spiro atoms. The minimum Gasteiger partial charge on any atom is -0.483 e. The molecule has 0 radical (unpaired) electrons. The number of likely N-dealkylation sites (tertiary alicyclic amines) is 2. The number of hydrogen-bond donors (Lipinski definition) is 3. The maximum atomic E-state index is 13.2. The summed E-state index contributed by atoms with van der Waals surface area (Å²) in [4.78, 5) is 30.2. The minimum atomic E-state index is 0.0192. The molecule has 2 amide bonds. The molecule has 4 aliphatic rings. The van der Waals surface area contributed by atoms with E-state index in [2.05, 4.69) is 21.3 Å². The van der Waals surface area contributed by atoms with Crippen molar-refractivity contribution >= 4 is 11.8 Å². The van der Waals surface area contributed by atoms with E-state index >= 15 is 0 Å². The number of hydrogen-bond acceptors (Lipinski definition) is 6. The number of rotatable bonds is 5. The number of amides is 2. The molecule has 8 heteroatoms. The van der Waals surface area contributed by atoms with Gasteiger partial charge in [-0.2, -0.15) is 5.53 Å². The second-order valence-corrected chi connectivity index (χ2v) is 10.3. The third-order valence-corrected chi connectivity index (χ3v) is 8.19. The summed E-state index contributed by atoms with van der Waals surface area (Å²) in [6.45, 7) is 2.98. The summed E-state index contributed by atoms with van der Waals surface area (Å²) in [7, 11) is 0. The Morgan fingerprint density at radius 3 is 2.31 bits per heavy atom. The molecule has 6 rings (SSSR count). The fourth-order valence-electron chi connectivity index (χ4n) is 6.27. The van der Waals surface area contributed by atoms with Crippen molar-refractivity contribution in [3.8, 4) is 16.9 Å². The van der Waals surface area contributed by atoms with Gasteiger partial charge in [0.15, 0.2) is 6.61 Å². The van der Waals surface area contributed by atoms with E-state index in [1.807, 2.05) is 59.5 Å². The van der Waals surface area contributed by atoms with Crippen LogP contribution in [0.2, 0.25) is 0 Å². The van der Waals surface area contributed by atoms with Crippen molar-refractivity contribution in [3.63, 3.8) is 0 Å². The van der Waals surface area contributed by atoms with Crippen LogP contribution in [0.25, 0.3) is 11.1 Å². The zero-order valence-electron chi connectivity index (χ0n) is 19.9. The molecule has 35 heavy (non-hydrogen) atoms. The van der Waals surface area contributed by atoms with Gasteiger partial charge in [-0.25, -0.2) is 10.9 Å². The van der Waals surface area contributed by atoms with Gasteiger partial charge in [-0.1, -0.05) is 48.5 Å². The van der Waals surface area contributed by atoms with E-state index in [0.29, 0.717) is 42.9 Å². The molecule has 3 heterocycles. The van der Waals surface area contributed by atoms with Crippen LogP contribution in [0.5, 0.6) is 5.75 Å². The maximum Gasteiger partial charge on any atom is 0.260 e. The lowest BCUT2D eigenvalue weighted by Gasteiger charge is -2.32. The van der Waals surface area contributed by atoms with Gasteiger partial charge in [0.25, 0.3) is 5.91 Å². The largest absolute Gasteiger partial charge is 0.483 e. The molecule has 2 aromatic carbocycles. The molecular weight excluding hydrogens is 442 g/mol. The van der Waals surface area contributed by atoms with Crippen LogP contribution in [0.4, 0.5) is 0 Å². The van der Waals surface area contributed by atoms with E-state index in [0.717, 1.165) is 49.2 Å². The van der Waals surface area contributed by atoms with E-state index in [-0.39, 0.29) is 18.4 Å². The molecule has 5 atom stereocenters. The number of benzene rings is 2. The van der Waals surface area contributed by atoms with Gasteiger partial charge in [0.2, 0.25) is 5.91 Å². The Balaban J connectivity index is 1.01. The normalized spacial score (nSPS) is 29.7. The van der Waals surface area contributed by atoms with Gasteiger partial charge < -0.3 is 14.5 Å². The van der Waals surface area contributed by atoms with E-state index < -0.39 is 0 Å². The Morgan fingerprint density at radius 1 is 0.829 bits per heavy atom. The zero-order valence-corrected chi connectivity index (χ0v) is 19.9. The smallest absolute Gasteiger partial charge is 0.260 e. The van der Waals surface area contributed by atoms with E-state index in [1.54, 1.807) is 0 Å². The van der Waals surface area contributed by atoms with Crippen molar-refractivity contribution in [1.82, 2.24) is 26.2 Å². The number of para-hydroxylation sites is 1. The lowest BCUT2D eigenvalue weighted by Crippen LogP contribution is -2.45. The average molecular weight is 476 g/mol. The van der Waals surface area contributed by atoms with Gasteiger partial charge in [0.05, 0.1) is 0 Å². The molecule has 3 N–H and O–H groups in total. The van der Waals surface area contributed by atoms with Gasteiger partial charge in [0.1, 0.15) is 5.75 Å². The highest BCUT2D eigenvalue weighted by molar-refractivity contribution is 5.80. The molecule has 2 aromatic rings. The van der Waals surface area contributed by atoms with Crippen LogP contribution in [0.1, 0.15) is 19.3 Å². The predicted molar refractivity (Wildman–Crippen MR) is 132 cm³/mol. The highest BCUT2D eigenvalue weighted by Crippen LogP contribution is 2.35. The molecule has 4 fully saturated rings. The van der Waals surface area contributed by atoms with Crippen LogP contribution in [-0.4, -0.2) is 66.5 Å². The van der Waals surface area contributed by atoms with Gasteiger partial charge in [-0.05, 0) is 30.9 Å². The van der Waals surface area contributed by atoms with Crippen LogP contribution >= 0.6 is 0 Å². The summed E-state index contributed by atoms with van der Waals surface area (Å²) in [5, 5.41) is 0. The molecular formula is C27H33N5O3. The molecule has 3 unspecified atom stereocenters. The number of nitrogens with one attached hydrogen (secondary N) is 3. The number of hydrazine groups is 2. The first-order valence-corrected chi connectivity index (χ1v) is 12.8. The SMILES string of the molecule is O=C(COc1ccccc1-c1ccccc1)N1C[C@@H]2CN(C(=O)C3CCC4NNNC4C3)C[C@H]2C1. The fraction of sp³-hybridized carbons (Fsp3) is 0.481. The third kappa shape index (κ3) is 4.53. The Kier molecular flexibility index (Phi) is 6.18. The van der Waals surface area contributed by atoms with Gasteiger partial charge in [0, 0.05) is 61.6 Å². The predicted octanol–water partition coefficient (Wildman–Crippen LogP) is 1.80. The highest BCUT2D eigenvalue weighted by atomic mass is 16.5. The second kappa shape index (κ2) is 9.60. The quantitative estimate of drug-likeness (QED) is 0.612. The van der Waals surface area contributed by atoms with Crippen molar-refractivity contribution in [2.75, 3.05) is 32.8 Å². The molecule has 184 valence electrons. The summed E-state index contributed by atoms with van der Waals surface area (Å²) in [6, 6.07) is 18.7. The van der Waals surface area contributed by atoms with Crippen LogP contribution in [-0.2, 0) is 9.59 Å². The molecule has 0 aromatic heterocycles. The molecule has 1 saturated carbocycles.